The minimum atomic E-state index is -4.66. The lowest BCUT2D eigenvalue weighted by atomic mass is 9.97. The van der Waals surface area contributed by atoms with Crippen molar-refractivity contribution in [3.05, 3.63) is 29.8 Å². The summed E-state index contributed by atoms with van der Waals surface area (Å²) in [6, 6.07) is 5.76. The number of hydrogen-bond donors (Lipinski definition) is 1. The second kappa shape index (κ2) is 10.1. The molecule has 0 aliphatic heterocycles. The lowest BCUT2D eigenvalue weighted by molar-refractivity contribution is -0.244. The first-order chi connectivity index (χ1) is 12.9. The smallest absolute Gasteiger partial charge is 0.427 e. The first-order valence-corrected chi connectivity index (χ1v) is 9.18. The van der Waals surface area contributed by atoms with Gasteiger partial charge in [-0.2, -0.15) is 13.2 Å². The van der Waals surface area contributed by atoms with E-state index in [9.17, 15) is 18.0 Å². The van der Waals surface area contributed by atoms with Gasteiger partial charge in [0.05, 0.1) is 5.56 Å². The first-order valence-electron chi connectivity index (χ1n) is 9.18. The summed E-state index contributed by atoms with van der Waals surface area (Å²) in [5.41, 5.74) is 3.57. The predicted octanol–water partition coefficient (Wildman–Crippen LogP) is 4.34. The Morgan fingerprint density at radius 1 is 1.14 bits per heavy atom. The number of ether oxygens (including phenoxy) is 3. The van der Waals surface area contributed by atoms with Crippen molar-refractivity contribution in [1.82, 2.24) is 0 Å². The van der Waals surface area contributed by atoms with E-state index in [4.69, 9.17) is 15.2 Å². The van der Waals surface area contributed by atoms with Crippen LogP contribution in [0.4, 0.5) is 13.2 Å². The van der Waals surface area contributed by atoms with E-state index in [1.165, 1.54) is 24.3 Å². The van der Waals surface area contributed by atoms with E-state index < -0.39 is 17.7 Å². The molecule has 0 aliphatic rings. The number of rotatable bonds is 10. The van der Waals surface area contributed by atoms with E-state index in [0.29, 0.717) is 31.1 Å². The summed E-state index contributed by atoms with van der Waals surface area (Å²) in [6.45, 7) is 6.18. The van der Waals surface area contributed by atoms with E-state index in [0.717, 1.165) is 13.8 Å². The van der Waals surface area contributed by atoms with Crippen LogP contribution >= 0.6 is 0 Å². The summed E-state index contributed by atoms with van der Waals surface area (Å²) in [5.74, 6) is -0.266. The maximum absolute atomic E-state index is 12.9. The molecule has 0 fully saturated rings. The van der Waals surface area contributed by atoms with Gasteiger partial charge in [0, 0.05) is 26.2 Å². The molecule has 2 N–H and O–H groups in total. The van der Waals surface area contributed by atoms with Crippen molar-refractivity contribution in [2.75, 3.05) is 13.7 Å². The van der Waals surface area contributed by atoms with Gasteiger partial charge in [-0.05, 0) is 50.5 Å². The Bertz CT molecular complexity index is 615. The molecule has 0 aromatic heterocycles. The van der Waals surface area contributed by atoms with Crippen LogP contribution in [0.2, 0.25) is 0 Å². The van der Waals surface area contributed by atoms with E-state index >= 15 is 0 Å². The van der Waals surface area contributed by atoms with Gasteiger partial charge >= 0.3 is 12.1 Å². The maximum atomic E-state index is 12.9. The molecule has 0 amide bonds. The zero-order chi connectivity index (χ0) is 21.5. The Balaban J connectivity index is 2.79. The Labute approximate surface area is 164 Å². The van der Waals surface area contributed by atoms with Gasteiger partial charge in [-0.3, -0.25) is 0 Å². The van der Waals surface area contributed by atoms with Gasteiger partial charge in [-0.25, -0.2) is 4.79 Å². The molecule has 0 saturated heterocycles. The molecule has 0 spiro atoms. The van der Waals surface area contributed by atoms with Crippen LogP contribution in [-0.4, -0.2) is 43.6 Å². The van der Waals surface area contributed by atoms with Gasteiger partial charge < -0.3 is 19.9 Å². The van der Waals surface area contributed by atoms with Crippen LogP contribution < -0.4 is 10.5 Å². The van der Waals surface area contributed by atoms with Crippen LogP contribution in [0.3, 0.4) is 0 Å². The summed E-state index contributed by atoms with van der Waals surface area (Å²) in [7, 11) is 1.60. The van der Waals surface area contributed by atoms with E-state index in [-0.39, 0.29) is 17.7 Å². The SMILES string of the molecule is COCCC(CC(N)C(C)C)Oc1ccc(C(=O)OC(C)(C)C(F)(F)F)cc1. The van der Waals surface area contributed by atoms with Crippen molar-refractivity contribution in [3.8, 4) is 5.75 Å². The fourth-order valence-electron chi connectivity index (χ4n) is 2.26. The zero-order valence-electron chi connectivity index (χ0n) is 17.0. The number of nitrogens with two attached hydrogens (primary N) is 1. The summed E-state index contributed by atoms with van der Waals surface area (Å²) >= 11 is 0. The van der Waals surface area contributed by atoms with Gasteiger partial charge in [0.2, 0.25) is 5.60 Å². The first kappa shape index (κ1) is 24.2. The van der Waals surface area contributed by atoms with Crippen molar-refractivity contribution in [2.45, 2.75) is 64.5 Å². The number of alkyl halides is 3. The van der Waals surface area contributed by atoms with Crippen molar-refractivity contribution in [1.29, 1.82) is 0 Å². The average Bonchev–Trinajstić information content (AvgIpc) is 2.58. The third-order valence-electron chi connectivity index (χ3n) is 4.46. The normalized spacial score (nSPS) is 14.6. The largest absolute Gasteiger partial charge is 0.490 e. The lowest BCUT2D eigenvalue weighted by Gasteiger charge is -2.27. The third-order valence-corrected chi connectivity index (χ3v) is 4.46. The minimum absolute atomic E-state index is 0.0111. The number of methoxy groups -OCH3 is 1. The summed E-state index contributed by atoms with van der Waals surface area (Å²) < 4.78 is 54.2. The van der Waals surface area contributed by atoms with Crippen molar-refractivity contribution >= 4 is 5.97 Å². The highest BCUT2D eigenvalue weighted by Crippen LogP contribution is 2.33. The van der Waals surface area contributed by atoms with Crippen LogP contribution in [0.15, 0.2) is 24.3 Å². The van der Waals surface area contributed by atoms with Crippen LogP contribution in [0.5, 0.6) is 5.75 Å². The molecule has 8 heteroatoms. The number of carbonyl (C=O) groups excluding carboxylic acids is 1. The van der Waals surface area contributed by atoms with Crippen LogP contribution in [0.1, 0.15) is 50.9 Å². The topological polar surface area (TPSA) is 70.8 Å². The summed E-state index contributed by atoms with van der Waals surface area (Å²) in [4.78, 5) is 12.0. The number of carbonyl (C=O) groups is 1. The maximum Gasteiger partial charge on any atom is 0.427 e. The average molecular weight is 405 g/mol. The lowest BCUT2D eigenvalue weighted by Crippen LogP contribution is -2.43. The molecular weight excluding hydrogens is 375 g/mol. The van der Waals surface area contributed by atoms with Gasteiger partial charge in [0.25, 0.3) is 0 Å². The fraction of sp³-hybridized carbons (Fsp3) is 0.650. The second-order valence-electron chi connectivity index (χ2n) is 7.59. The van der Waals surface area contributed by atoms with Crippen molar-refractivity contribution in [2.24, 2.45) is 11.7 Å². The Hall–Kier alpha value is -1.80. The molecule has 1 aromatic rings. The van der Waals surface area contributed by atoms with Crippen LogP contribution in [0, 0.1) is 5.92 Å². The monoisotopic (exact) mass is 405 g/mol. The quantitative estimate of drug-likeness (QED) is 0.587. The third kappa shape index (κ3) is 7.31. The molecule has 5 nitrogen and oxygen atoms in total. The molecule has 1 rings (SSSR count). The molecule has 0 radical (unpaired) electrons. The molecule has 160 valence electrons. The fourth-order valence-corrected chi connectivity index (χ4v) is 2.26. The molecule has 2 atom stereocenters. The predicted molar refractivity (Wildman–Crippen MR) is 100 cm³/mol. The highest BCUT2D eigenvalue weighted by atomic mass is 19.4. The van der Waals surface area contributed by atoms with Crippen LogP contribution in [0.25, 0.3) is 0 Å². The number of hydrogen-bond acceptors (Lipinski definition) is 5. The van der Waals surface area contributed by atoms with Crippen molar-refractivity contribution < 1.29 is 32.2 Å². The molecule has 28 heavy (non-hydrogen) atoms. The number of esters is 1. The highest BCUT2D eigenvalue weighted by molar-refractivity contribution is 5.89. The molecule has 0 saturated carbocycles. The summed E-state index contributed by atoms with van der Waals surface area (Å²) in [6.07, 6.45) is -3.57. The summed E-state index contributed by atoms with van der Waals surface area (Å²) in [5, 5.41) is 0. The molecule has 0 aliphatic carbocycles. The van der Waals surface area contributed by atoms with Crippen LogP contribution in [-0.2, 0) is 9.47 Å². The van der Waals surface area contributed by atoms with Gasteiger partial charge in [-0.15, -0.1) is 0 Å². The molecular formula is C20H30F3NO4. The van der Waals surface area contributed by atoms with Gasteiger partial charge in [0.15, 0.2) is 0 Å². The number of benzene rings is 1. The second-order valence-corrected chi connectivity index (χ2v) is 7.59. The van der Waals surface area contributed by atoms with Crippen molar-refractivity contribution in [3.63, 3.8) is 0 Å². The highest BCUT2D eigenvalue weighted by Gasteiger charge is 2.50. The molecule has 0 heterocycles. The Morgan fingerprint density at radius 2 is 1.71 bits per heavy atom. The van der Waals surface area contributed by atoms with E-state index in [1.54, 1.807) is 7.11 Å². The molecule has 0 bridgehead atoms. The molecule has 1 aromatic carbocycles. The Kier molecular flexibility index (Phi) is 8.75. The molecule has 2 unspecified atom stereocenters. The Morgan fingerprint density at radius 3 is 2.18 bits per heavy atom. The van der Waals surface area contributed by atoms with E-state index in [2.05, 4.69) is 4.74 Å². The van der Waals surface area contributed by atoms with E-state index in [1.807, 2.05) is 13.8 Å². The van der Waals surface area contributed by atoms with Gasteiger partial charge in [-0.1, -0.05) is 13.8 Å². The number of halogens is 3. The minimum Gasteiger partial charge on any atom is -0.490 e. The standard InChI is InChI=1S/C20H30F3NO4/c1-13(2)17(24)12-16(10-11-26-5)27-15-8-6-14(7-9-15)18(25)28-19(3,4)20(21,22)23/h6-9,13,16-17H,10-12,24H2,1-5H3. The van der Waals surface area contributed by atoms with Gasteiger partial charge in [0.1, 0.15) is 11.9 Å². The zero-order valence-corrected chi connectivity index (χ0v) is 17.0.